The SMILES string of the molecule is COC(=O)/C=C(/Nc1c(F)c(F)cc(C(=O)O)c1F)C(=O)OC. The average Bonchev–Trinajstić information content (AvgIpc) is 2.52. The lowest BCUT2D eigenvalue weighted by Crippen LogP contribution is -2.18. The number of rotatable bonds is 5. The number of ether oxygens (including phenoxy) is 2. The molecule has 0 saturated heterocycles. The van der Waals surface area contributed by atoms with Crippen molar-refractivity contribution >= 4 is 23.6 Å². The van der Waals surface area contributed by atoms with E-state index in [2.05, 4.69) is 9.47 Å². The molecular weight excluding hydrogens is 323 g/mol. The van der Waals surface area contributed by atoms with Crippen molar-refractivity contribution in [3.05, 3.63) is 40.9 Å². The molecule has 1 aromatic rings. The van der Waals surface area contributed by atoms with E-state index in [-0.39, 0.29) is 6.07 Å². The van der Waals surface area contributed by atoms with Crippen LogP contribution in [0.3, 0.4) is 0 Å². The average molecular weight is 333 g/mol. The molecule has 0 atom stereocenters. The molecular formula is C13H10F3NO6. The summed E-state index contributed by atoms with van der Waals surface area (Å²) < 4.78 is 49.5. The molecule has 0 spiro atoms. The highest BCUT2D eigenvalue weighted by atomic mass is 19.2. The summed E-state index contributed by atoms with van der Waals surface area (Å²) in [4.78, 5) is 33.4. The number of hydrogen-bond donors (Lipinski definition) is 2. The molecule has 1 rings (SSSR count). The Kier molecular flexibility index (Phi) is 5.71. The second kappa shape index (κ2) is 7.29. The number of esters is 2. The van der Waals surface area contributed by atoms with Gasteiger partial charge in [-0.2, -0.15) is 0 Å². The van der Waals surface area contributed by atoms with Crippen molar-refractivity contribution in [2.75, 3.05) is 19.5 Å². The van der Waals surface area contributed by atoms with Gasteiger partial charge in [-0.25, -0.2) is 27.6 Å². The highest BCUT2D eigenvalue weighted by Crippen LogP contribution is 2.26. The lowest BCUT2D eigenvalue weighted by Gasteiger charge is -2.12. The van der Waals surface area contributed by atoms with Crippen LogP contribution in [0.15, 0.2) is 17.8 Å². The molecule has 0 aliphatic heterocycles. The molecule has 0 unspecified atom stereocenters. The Labute approximate surface area is 127 Å². The Morgan fingerprint density at radius 3 is 2.22 bits per heavy atom. The highest BCUT2D eigenvalue weighted by molar-refractivity contribution is 5.99. The third-order valence-electron chi connectivity index (χ3n) is 2.51. The first-order chi connectivity index (χ1) is 10.7. The molecule has 1 aromatic carbocycles. The first kappa shape index (κ1) is 18.0. The van der Waals surface area contributed by atoms with Gasteiger partial charge in [0.1, 0.15) is 16.9 Å². The van der Waals surface area contributed by atoms with Gasteiger partial charge in [-0.3, -0.25) is 0 Å². The summed E-state index contributed by atoms with van der Waals surface area (Å²) in [6.45, 7) is 0. The lowest BCUT2D eigenvalue weighted by atomic mass is 10.1. The van der Waals surface area contributed by atoms with Gasteiger partial charge in [0.2, 0.25) is 0 Å². The van der Waals surface area contributed by atoms with Gasteiger partial charge >= 0.3 is 17.9 Å². The largest absolute Gasteiger partial charge is 0.478 e. The second-order valence-electron chi connectivity index (χ2n) is 3.91. The molecule has 0 aliphatic carbocycles. The van der Waals surface area contributed by atoms with E-state index < -0.39 is 52.3 Å². The molecule has 0 bridgehead atoms. The smallest absolute Gasteiger partial charge is 0.354 e. The molecule has 124 valence electrons. The third kappa shape index (κ3) is 3.99. The maximum absolute atomic E-state index is 14.0. The fourth-order valence-electron chi connectivity index (χ4n) is 1.44. The molecule has 0 fully saturated rings. The summed E-state index contributed by atoms with van der Waals surface area (Å²) in [5.41, 5.74) is -3.24. The molecule has 7 nitrogen and oxygen atoms in total. The molecule has 10 heteroatoms. The number of carbonyl (C=O) groups excluding carboxylic acids is 2. The normalized spacial score (nSPS) is 10.9. The van der Waals surface area contributed by atoms with Gasteiger partial charge in [-0.05, 0) is 6.07 Å². The van der Waals surface area contributed by atoms with Crippen LogP contribution in [0.2, 0.25) is 0 Å². The van der Waals surface area contributed by atoms with Crippen LogP contribution in [-0.2, 0) is 19.1 Å². The Hall–Kier alpha value is -3.04. The molecule has 2 N–H and O–H groups in total. The quantitative estimate of drug-likeness (QED) is 0.477. The van der Waals surface area contributed by atoms with Crippen LogP contribution in [0.25, 0.3) is 0 Å². The molecule has 0 radical (unpaired) electrons. The number of aromatic carboxylic acids is 1. The van der Waals surface area contributed by atoms with E-state index in [1.54, 1.807) is 5.32 Å². The van der Waals surface area contributed by atoms with E-state index in [1.807, 2.05) is 0 Å². The standard InChI is InChI=1S/C13H10F3NO6/c1-22-8(18)4-7(13(21)23-2)17-11-9(15)5(12(19)20)3-6(14)10(11)16/h3-4,17H,1-2H3,(H,19,20)/b7-4+. The number of nitrogens with one attached hydrogen (secondary N) is 1. The van der Waals surface area contributed by atoms with E-state index in [0.717, 1.165) is 14.2 Å². The summed E-state index contributed by atoms with van der Waals surface area (Å²) in [6, 6.07) is 0.139. The Morgan fingerprint density at radius 2 is 1.74 bits per heavy atom. The highest BCUT2D eigenvalue weighted by Gasteiger charge is 2.25. The van der Waals surface area contributed by atoms with Gasteiger partial charge in [-0.15, -0.1) is 0 Å². The number of carbonyl (C=O) groups is 3. The van der Waals surface area contributed by atoms with Crippen LogP contribution >= 0.6 is 0 Å². The Morgan fingerprint density at radius 1 is 1.13 bits per heavy atom. The summed E-state index contributed by atoms with van der Waals surface area (Å²) in [5, 5.41) is 10.5. The topological polar surface area (TPSA) is 102 Å². The van der Waals surface area contributed by atoms with Crippen LogP contribution in [0, 0.1) is 17.5 Å². The van der Waals surface area contributed by atoms with Crippen LogP contribution in [0.4, 0.5) is 18.9 Å². The Bertz CT molecular complexity index is 701. The summed E-state index contributed by atoms with van der Waals surface area (Å²) in [5.74, 6) is -9.29. The van der Waals surface area contributed by atoms with Gasteiger partial charge < -0.3 is 19.9 Å². The van der Waals surface area contributed by atoms with E-state index in [9.17, 15) is 27.6 Å². The van der Waals surface area contributed by atoms with Crippen molar-refractivity contribution in [3.63, 3.8) is 0 Å². The predicted octanol–water partition coefficient (Wildman–Crippen LogP) is 1.44. The molecule has 0 heterocycles. The first-order valence-electron chi connectivity index (χ1n) is 5.78. The molecule has 23 heavy (non-hydrogen) atoms. The van der Waals surface area contributed by atoms with Crippen molar-refractivity contribution in [1.29, 1.82) is 0 Å². The lowest BCUT2D eigenvalue weighted by molar-refractivity contribution is -0.138. The summed E-state index contributed by atoms with van der Waals surface area (Å²) in [6.07, 6.45) is 0.496. The van der Waals surface area contributed by atoms with Crippen LogP contribution < -0.4 is 5.32 Å². The number of halogens is 3. The zero-order chi connectivity index (χ0) is 17.7. The number of hydrogen-bond acceptors (Lipinski definition) is 6. The van der Waals surface area contributed by atoms with Crippen molar-refractivity contribution < 1.29 is 42.1 Å². The maximum atomic E-state index is 14.0. The van der Waals surface area contributed by atoms with E-state index >= 15 is 0 Å². The van der Waals surface area contributed by atoms with E-state index in [0.29, 0.717) is 6.08 Å². The number of benzene rings is 1. The van der Waals surface area contributed by atoms with Crippen LogP contribution in [0.5, 0.6) is 0 Å². The van der Waals surface area contributed by atoms with Gasteiger partial charge in [-0.1, -0.05) is 0 Å². The number of methoxy groups -OCH3 is 2. The van der Waals surface area contributed by atoms with E-state index in [1.165, 1.54) is 0 Å². The fraction of sp³-hybridized carbons (Fsp3) is 0.154. The van der Waals surface area contributed by atoms with Crippen molar-refractivity contribution in [3.8, 4) is 0 Å². The number of carboxylic acids is 1. The van der Waals surface area contributed by atoms with Gasteiger partial charge in [0, 0.05) is 0 Å². The first-order valence-corrected chi connectivity index (χ1v) is 5.78. The van der Waals surface area contributed by atoms with Crippen molar-refractivity contribution in [2.24, 2.45) is 0 Å². The minimum atomic E-state index is -1.86. The molecule has 0 saturated carbocycles. The minimum absolute atomic E-state index is 0.139. The van der Waals surface area contributed by atoms with Gasteiger partial charge in [0.05, 0.1) is 20.3 Å². The van der Waals surface area contributed by atoms with Gasteiger partial charge in [0.15, 0.2) is 17.5 Å². The zero-order valence-electron chi connectivity index (χ0n) is 11.8. The van der Waals surface area contributed by atoms with E-state index in [4.69, 9.17) is 5.11 Å². The Balaban J connectivity index is 3.44. The fourth-order valence-corrected chi connectivity index (χ4v) is 1.44. The zero-order valence-corrected chi connectivity index (χ0v) is 11.8. The molecule has 0 aromatic heterocycles. The second-order valence-corrected chi connectivity index (χ2v) is 3.91. The minimum Gasteiger partial charge on any atom is -0.478 e. The van der Waals surface area contributed by atoms with Crippen molar-refractivity contribution in [1.82, 2.24) is 0 Å². The number of anilines is 1. The predicted molar refractivity (Wildman–Crippen MR) is 69.0 cm³/mol. The van der Waals surface area contributed by atoms with Crippen LogP contribution in [-0.4, -0.2) is 37.2 Å². The number of carboxylic acid groups (broad SMARTS) is 1. The van der Waals surface area contributed by atoms with Crippen molar-refractivity contribution in [2.45, 2.75) is 0 Å². The summed E-state index contributed by atoms with van der Waals surface area (Å²) in [7, 11) is 1.88. The summed E-state index contributed by atoms with van der Waals surface area (Å²) >= 11 is 0. The van der Waals surface area contributed by atoms with Crippen LogP contribution in [0.1, 0.15) is 10.4 Å². The third-order valence-corrected chi connectivity index (χ3v) is 2.51. The molecule has 0 amide bonds. The molecule has 0 aliphatic rings. The maximum Gasteiger partial charge on any atom is 0.354 e. The monoisotopic (exact) mass is 333 g/mol. The van der Waals surface area contributed by atoms with Gasteiger partial charge in [0.25, 0.3) is 0 Å².